The topological polar surface area (TPSA) is 70.4 Å². The van der Waals surface area contributed by atoms with Crippen molar-refractivity contribution in [3.05, 3.63) is 71.3 Å². The first-order chi connectivity index (χ1) is 13.8. The molecule has 5 heteroatoms. The number of hydrazine groups is 1. The van der Waals surface area contributed by atoms with Crippen molar-refractivity contribution in [1.29, 1.82) is 0 Å². The Morgan fingerprint density at radius 2 is 1.68 bits per heavy atom. The molecule has 1 aliphatic heterocycles. The number of hydrogen-bond acceptors (Lipinski definition) is 4. The summed E-state index contributed by atoms with van der Waals surface area (Å²) in [5.74, 6) is 5.70. The third-order valence-corrected chi connectivity index (χ3v) is 6.41. The fourth-order valence-corrected chi connectivity index (χ4v) is 4.87. The van der Waals surface area contributed by atoms with E-state index >= 15 is 0 Å². The van der Waals surface area contributed by atoms with Gasteiger partial charge < -0.3 is 5.32 Å². The Labute approximate surface area is 167 Å². The van der Waals surface area contributed by atoms with Crippen LogP contribution in [0.25, 0.3) is 0 Å². The van der Waals surface area contributed by atoms with E-state index < -0.39 is 0 Å². The molecule has 28 heavy (non-hydrogen) atoms. The average Bonchev–Trinajstić information content (AvgIpc) is 2.79. The Morgan fingerprint density at radius 3 is 2.36 bits per heavy atom. The largest absolute Gasteiger partial charge is 0.314 e. The molecule has 2 aliphatic rings. The summed E-state index contributed by atoms with van der Waals surface area (Å²) in [6, 6.07) is 19.9. The minimum absolute atomic E-state index is 0.246. The number of hydrogen-bond donors (Lipinski definition) is 3. The van der Waals surface area contributed by atoms with Crippen molar-refractivity contribution in [3.8, 4) is 0 Å². The van der Waals surface area contributed by atoms with E-state index in [0.29, 0.717) is 23.6 Å². The zero-order chi connectivity index (χ0) is 19.3. The van der Waals surface area contributed by atoms with Gasteiger partial charge in [0.25, 0.3) is 5.91 Å². The summed E-state index contributed by atoms with van der Waals surface area (Å²) in [5.41, 5.74) is 5.56. The molecule has 148 valence electrons. The van der Waals surface area contributed by atoms with Gasteiger partial charge >= 0.3 is 0 Å². The van der Waals surface area contributed by atoms with E-state index in [9.17, 15) is 4.79 Å². The number of benzene rings is 2. The predicted molar refractivity (Wildman–Crippen MR) is 112 cm³/mol. The van der Waals surface area contributed by atoms with Crippen molar-refractivity contribution in [1.82, 2.24) is 15.6 Å². The first-order valence-corrected chi connectivity index (χ1v) is 10.4. The Morgan fingerprint density at radius 1 is 0.964 bits per heavy atom. The van der Waals surface area contributed by atoms with Gasteiger partial charge in [-0.2, -0.15) is 0 Å². The molecule has 1 amide bonds. The predicted octanol–water partition coefficient (Wildman–Crippen LogP) is 2.96. The van der Waals surface area contributed by atoms with Crippen molar-refractivity contribution in [2.24, 2.45) is 5.84 Å². The van der Waals surface area contributed by atoms with Crippen molar-refractivity contribution in [2.45, 2.75) is 43.7 Å². The summed E-state index contributed by atoms with van der Waals surface area (Å²) in [6.07, 6.45) is 5.04. The second-order valence-corrected chi connectivity index (χ2v) is 7.97. The molecule has 0 aromatic heterocycles. The zero-order valence-corrected chi connectivity index (χ0v) is 16.3. The van der Waals surface area contributed by atoms with Crippen molar-refractivity contribution < 1.29 is 4.79 Å². The summed E-state index contributed by atoms with van der Waals surface area (Å²) < 4.78 is 0. The molecule has 0 bridgehead atoms. The van der Waals surface area contributed by atoms with Gasteiger partial charge in [0.15, 0.2) is 0 Å². The number of carbonyl (C=O) groups excluding carboxylic acids is 1. The fraction of sp³-hybridized carbons (Fsp3) is 0.435. The highest BCUT2D eigenvalue weighted by Crippen LogP contribution is 2.37. The number of carbonyl (C=O) groups is 1. The van der Waals surface area contributed by atoms with Crippen LogP contribution in [0.5, 0.6) is 0 Å². The SMILES string of the molecule is NNC(=O)c1ccc(C2CNCCN2C2CCC(c3ccccc3)CC2)cc1. The molecule has 2 aromatic carbocycles. The van der Waals surface area contributed by atoms with Crippen molar-refractivity contribution in [3.63, 3.8) is 0 Å². The van der Waals surface area contributed by atoms with Crippen LogP contribution in [0.1, 0.15) is 59.1 Å². The lowest BCUT2D eigenvalue weighted by Crippen LogP contribution is -2.51. The van der Waals surface area contributed by atoms with Crippen LogP contribution in [0.4, 0.5) is 0 Å². The first kappa shape index (κ1) is 19.1. The maximum atomic E-state index is 11.7. The van der Waals surface area contributed by atoms with Crippen molar-refractivity contribution >= 4 is 5.91 Å². The molecule has 1 atom stereocenters. The molecule has 1 heterocycles. The molecule has 0 spiro atoms. The van der Waals surface area contributed by atoms with E-state index in [1.54, 1.807) is 0 Å². The van der Waals surface area contributed by atoms with Gasteiger partial charge in [-0.1, -0.05) is 42.5 Å². The van der Waals surface area contributed by atoms with Crippen LogP contribution in [0.15, 0.2) is 54.6 Å². The quantitative estimate of drug-likeness (QED) is 0.435. The number of nitrogens with zero attached hydrogens (tertiary/aromatic N) is 1. The lowest BCUT2D eigenvalue weighted by molar-refractivity contribution is 0.0781. The molecule has 4 N–H and O–H groups in total. The molecule has 1 saturated carbocycles. The van der Waals surface area contributed by atoms with E-state index in [-0.39, 0.29) is 5.91 Å². The molecular weight excluding hydrogens is 348 g/mol. The molecular formula is C23H30N4O. The Hall–Kier alpha value is -2.21. The van der Waals surface area contributed by atoms with Crippen LogP contribution >= 0.6 is 0 Å². The molecule has 4 rings (SSSR count). The normalized spacial score (nSPS) is 26.0. The Balaban J connectivity index is 1.44. The van der Waals surface area contributed by atoms with Gasteiger partial charge in [-0.25, -0.2) is 5.84 Å². The first-order valence-electron chi connectivity index (χ1n) is 10.4. The number of rotatable bonds is 4. The van der Waals surface area contributed by atoms with Gasteiger partial charge in [-0.05, 0) is 54.9 Å². The summed E-state index contributed by atoms with van der Waals surface area (Å²) in [4.78, 5) is 14.4. The van der Waals surface area contributed by atoms with Gasteiger partial charge in [0.2, 0.25) is 0 Å². The molecule has 1 unspecified atom stereocenters. The number of amides is 1. The van der Waals surface area contributed by atoms with Crippen LogP contribution in [-0.4, -0.2) is 36.5 Å². The Kier molecular flexibility index (Phi) is 6.05. The summed E-state index contributed by atoms with van der Waals surface area (Å²) in [5, 5.41) is 3.54. The standard InChI is InChI=1S/C23H30N4O/c24-26-23(28)20-8-6-19(7-9-20)22-16-25-14-15-27(22)21-12-10-18(11-13-21)17-4-2-1-3-5-17/h1-9,18,21-22,25H,10-16,24H2,(H,26,28). The number of nitrogens with one attached hydrogen (secondary N) is 2. The van der Waals surface area contributed by atoms with Crippen LogP contribution in [0.2, 0.25) is 0 Å². The zero-order valence-electron chi connectivity index (χ0n) is 16.3. The van der Waals surface area contributed by atoms with Gasteiger partial charge in [0.1, 0.15) is 0 Å². The smallest absolute Gasteiger partial charge is 0.265 e. The monoisotopic (exact) mass is 378 g/mol. The maximum Gasteiger partial charge on any atom is 0.265 e. The summed E-state index contributed by atoms with van der Waals surface area (Å²) in [7, 11) is 0. The molecule has 2 aromatic rings. The highest BCUT2D eigenvalue weighted by molar-refractivity contribution is 5.93. The number of piperazine rings is 1. The third-order valence-electron chi connectivity index (χ3n) is 6.41. The Bertz CT molecular complexity index is 769. The van der Waals surface area contributed by atoms with Gasteiger partial charge in [-0.3, -0.25) is 15.1 Å². The van der Waals surface area contributed by atoms with Crippen LogP contribution in [0.3, 0.4) is 0 Å². The molecule has 1 saturated heterocycles. The average molecular weight is 379 g/mol. The van der Waals surface area contributed by atoms with Crippen LogP contribution in [-0.2, 0) is 0 Å². The highest BCUT2D eigenvalue weighted by Gasteiger charge is 2.33. The van der Waals surface area contributed by atoms with Crippen molar-refractivity contribution in [2.75, 3.05) is 19.6 Å². The maximum absolute atomic E-state index is 11.7. The third kappa shape index (κ3) is 4.12. The summed E-state index contributed by atoms with van der Waals surface area (Å²) in [6.45, 7) is 3.08. The lowest BCUT2D eigenvalue weighted by Gasteiger charge is -2.44. The molecule has 2 fully saturated rings. The second-order valence-electron chi connectivity index (χ2n) is 7.97. The minimum atomic E-state index is -0.246. The van der Waals surface area contributed by atoms with E-state index in [4.69, 9.17) is 5.84 Å². The van der Waals surface area contributed by atoms with Crippen LogP contribution in [0, 0.1) is 0 Å². The lowest BCUT2D eigenvalue weighted by atomic mass is 9.80. The van der Waals surface area contributed by atoms with E-state index in [2.05, 4.69) is 58.1 Å². The number of nitrogen functional groups attached to an aromatic ring is 1. The van der Waals surface area contributed by atoms with Gasteiger partial charge in [0, 0.05) is 37.3 Å². The summed E-state index contributed by atoms with van der Waals surface area (Å²) >= 11 is 0. The van der Waals surface area contributed by atoms with Gasteiger partial charge in [-0.15, -0.1) is 0 Å². The molecule has 5 nitrogen and oxygen atoms in total. The van der Waals surface area contributed by atoms with E-state index in [0.717, 1.165) is 19.6 Å². The van der Waals surface area contributed by atoms with Gasteiger partial charge in [0.05, 0.1) is 0 Å². The number of nitrogens with two attached hydrogens (primary N) is 1. The molecule has 1 aliphatic carbocycles. The van der Waals surface area contributed by atoms with E-state index in [1.807, 2.05) is 12.1 Å². The fourth-order valence-electron chi connectivity index (χ4n) is 4.87. The second kappa shape index (κ2) is 8.86. The highest BCUT2D eigenvalue weighted by atomic mass is 16.2. The van der Waals surface area contributed by atoms with Crippen LogP contribution < -0.4 is 16.6 Å². The van der Waals surface area contributed by atoms with E-state index in [1.165, 1.54) is 36.8 Å². The minimum Gasteiger partial charge on any atom is -0.314 e. The molecule has 0 radical (unpaired) electrons.